The van der Waals surface area contributed by atoms with Crippen molar-refractivity contribution in [3.05, 3.63) is 47.5 Å². The topological polar surface area (TPSA) is 79.8 Å². The van der Waals surface area contributed by atoms with Crippen molar-refractivity contribution < 1.29 is 17.9 Å². The number of sulfone groups is 1. The van der Waals surface area contributed by atoms with E-state index in [2.05, 4.69) is 9.88 Å². The fourth-order valence-electron chi connectivity index (χ4n) is 3.71. The van der Waals surface area contributed by atoms with E-state index in [4.69, 9.17) is 16.3 Å². The van der Waals surface area contributed by atoms with Crippen LogP contribution in [-0.4, -0.2) is 75.6 Å². The van der Waals surface area contributed by atoms with E-state index in [1.807, 2.05) is 24.3 Å². The zero-order chi connectivity index (χ0) is 24.8. The summed E-state index contributed by atoms with van der Waals surface area (Å²) in [5.74, 6) is 0.847. The largest absolute Gasteiger partial charge is 0.379 e. The van der Waals surface area contributed by atoms with Gasteiger partial charge in [-0.3, -0.25) is 14.6 Å². The summed E-state index contributed by atoms with van der Waals surface area (Å²) in [6.45, 7) is 4.35. The minimum absolute atomic E-state index is 0.0253. The van der Waals surface area contributed by atoms with E-state index in [0.717, 1.165) is 41.4 Å². The lowest BCUT2D eigenvalue weighted by molar-refractivity contribution is -0.118. The van der Waals surface area contributed by atoms with Crippen LogP contribution in [0.2, 0.25) is 5.02 Å². The van der Waals surface area contributed by atoms with E-state index in [9.17, 15) is 13.2 Å². The summed E-state index contributed by atoms with van der Waals surface area (Å²) in [5, 5.41) is 1.31. The number of anilines is 1. The van der Waals surface area contributed by atoms with Crippen LogP contribution in [0.3, 0.4) is 0 Å². The number of halogens is 1. The molecule has 1 aromatic heterocycles. The molecule has 35 heavy (non-hydrogen) atoms. The molecule has 1 aliphatic rings. The second kappa shape index (κ2) is 12.0. The van der Waals surface area contributed by atoms with E-state index in [0.29, 0.717) is 41.9 Å². The fraction of sp³-hybridized carbons (Fsp3) is 0.417. The number of thioether (sulfide) groups is 1. The fourth-order valence-corrected chi connectivity index (χ4v) is 6.46. The summed E-state index contributed by atoms with van der Waals surface area (Å²) >= 11 is 9.01. The monoisotopic (exact) mass is 553 g/mol. The number of carbonyl (C=O) groups excluding carboxylic acids is 1. The molecule has 4 rings (SSSR count). The van der Waals surface area contributed by atoms with Crippen LogP contribution in [-0.2, 0) is 19.4 Å². The molecule has 1 amide bonds. The Balaban J connectivity index is 1.45. The van der Waals surface area contributed by atoms with Gasteiger partial charge in [0.1, 0.15) is 0 Å². The third-order valence-electron chi connectivity index (χ3n) is 5.67. The summed E-state index contributed by atoms with van der Waals surface area (Å²) in [6.07, 6.45) is 2.34. The molecule has 1 aliphatic heterocycles. The average Bonchev–Trinajstić information content (AvgIpc) is 3.26. The van der Waals surface area contributed by atoms with Gasteiger partial charge < -0.3 is 4.74 Å². The molecule has 0 spiro atoms. The van der Waals surface area contributed by atoms with Crippen LogP contribution in [0.25, 0.3) is 10.2 Å². The first-order chi connectivity index (χ1) is 16.8. The van der Waals surface area contributed by atoms with Crippen molar-refractivity contribution in [2.24, 2.45) is 0 Å². The Morgan fingerprint density at radius 2 is 1.94 bits per heavy atom. The maximum absolute atomic E-state index is 13.3. The number of aromatic nitrogens is 1. The van der Waals surface area contributed by atoms with Crippen LogP contribution < -0.4 is 4.90 Å². The molecule has 11 heteroatoms. The molecular formula is C24H28ClN3O4S3. The molecular weight excluding hydrogens is 526 g/mol. The van der Waals surface area contributed by atoms with Crippen LogP contribution in [0.4, 0.5) is 5.13 Å². The molecule has 0 atom stereocenters. The van der Waals surface area contributed by atoms with Crippen molar-refractivity contribution >= 4 is 65.8 Å². The van der Waals surface area contributed by atoms with E-state index in [1.54, 1.807) is 34.9 Å². The van der Waals surface area contributed by atoms with Crippen molar-refractivity contribution in [3.63, 3.8) is 0 Å². The predicted molar refractivity (Wildman–Crippen MR) is 144 cm³/mol. The third-order valence-corrected chi connectivity index (χ3v) is 9.17. The van der Waals surface area contributed by atoms with Gasteiger partial charge in [0, 0.05) is 48.8 Å². The smallest absolute Gasteiger partial charge is 0.228 e. The van der Waals surface area contributed by atoms with Crippen LogP contribution in [0.1, 0.15) is 12.8 Å². The molecule has 3 aromatic rings. The minimum Gasteiger partial charge on any atom is -0.379 e. The van der Waals surface area contributed by atoms with Crippen LogP contribution in [0.5, 0.6) is 0 Å². The molecule has 2 heterocycles. The number of hydrogen-bond acceptors (Lipinski definition) is 8. The van der Waals surface area contributed by atoms with Crippen LogP contribution in [0.15, 0.2) is 52.3 Å². The minimum atomic E-state index is -3.32. The van der Waals surface area contributed by atoms with E-state index >= 15 is 0 Å². The lowest BCUT2D eigenvalue weighted by Crippen LogP contribution is -2.43. The number of ether oxygens (including phenoxy) is 1. The number of fused-ring (bicyclic) bond motifs is 1. The highest BCUT2D eigenvalue weighted by molar-refractivity contribution is 7.99. The molecule has 0 unspecified atom stereocenters. The van der Waals surface area contributed by atoms with Gasteiger partial charge in [0.15, 0.2) is 15.0 Å². The Bertz CT molecular complexity index is 1260. The van der Waals surface area contributed by atoms with Crippen molar-refractivity contribution in [2.75, 3.05) is 56.3 Å². The highest BCUT2D eigenvalue weighted by Gasteiger charge is 2.22. The number of nitrogens with zero attached hydrogens (tertiary/aromatic N) is 3. The van der Waals surface area contributed by atoms with Gasteiger partial charge >= 0.3 is 0 Å². The Hall–Kier alpha value is -1.69. The van der Waals surface area contributed by atoms with Crippen LogP contribution >= 0.6 is 34.7 Å². The predicted octanol–water partition coefficient (Wildman–Crippen LogP) is 4.59. The number of hydrogen-bond donors (Lipinski definition) is 0. The van der Waals surface area contributed by atoms with E-state index in [1.165, 1.54) is 17.6 Å². The number of carbonyl (C=O) groups is 1. The normalized spacial score (nSPS) is 14.9. The van der Waals surface area contributed by atoms with Gasteiger partial charge in [-0.25, -0.2) is 13.4 Å². The van der Waals surface area contributed by atoms with Gasteiger partial charge in [-0.15, -0.1) is 11.8 Å². The van der Waals surface area contributed by atoms with Crippen molar-refractivity contribution in [1.82, 2.24) is 9.88 Å². The van der Waals surface area contributed by atoms with Gasteiger partial charge in [0.05, 0.1) is 28.3 Å². The molecule has 1 saturated heterocycles. The highest BCUT2D eigenvalue weighted by atomic mass is 35.5. The first-order valence-electron chi connectivity index (χ1n) is 11.4. The van der Waals surface area contributed by atoms with Crippen molar-refractivity contribution in [1.29, 1.82) is 0 Å². The summed E-state index contributed by atoms with van der Waals surface area (Å²) in [7, 11) is -3.32. The number of amides is 1. The first-order valence-corrected chi connectivity index (χ1v) is 15.5. The molecule has 0 radical (unpaired) electrons. The summed E-state index contributed by atoms with van der Waals surface area (Å²) < 4.78 is 30.1. The summed E-state index contributed by atoms with van der Waals surface area (Å²) in [5.41, 5.74) is 0.694. The summed E-state index contributed by atoms with van der Waals surface area (Å²) in [4.78, 5) is 23.4. The number of thiazole rings is 1. The Morgan fingerprint density at radius 3 is 2.66 bits per heavy atom. The zero-order valence-corrected chi connectivity index (χ0v) is 22.7. The maximum atomic E-state index is 13.3. The maximum Gasteiger partial charge on any atom is 0.228 e. The molecule has 188 valence electrons. The average molecular weight is 554 g/mol. The van der Waals surface area contributed by atoms with Gasteiger partial charge in [-0.2, -0.15) is 0 Å². The third kappa shape index (κ3) is 7.41. The Labute approximate surface area is 219 Å². The zero-order valence-electron chi connectivity index (χ0n) is 19.5. The quantitative estimate of drug-likeness (QED) is 0.268. The second-order valence-corrected chi connectivity index (χ2v) is 12.9. The molecule has 0 N–H and O–H groups in total. The van der Waals surface area contributed by atoms with Crippen LogP contribution in [0, 0.1) is 0 Å². The molecule has 7 nitrogen and oxygen atoms in total. The van der Waals surface area contributed by atoms with E-state index < -0.39 is 9.84 Å². The first kappa shape index (κ1) is 26.4. The lowest BCUT2D eigenvalue weighted by atomic mass is 10.3. The van der Waals surface area contributed by atoms with Gasteiger partial charge in [-0.05, 0) is 54.6 Å². The molecule has 0 aliphatic carbocycles. The molecule has 0 saturated carbocycles. The summed E-state index contributed by atoms with van der Waals surface area (Å²) in [6, 6.07) is 12.6. The number of morpholine rings is 1. The molecule has 2 aromatic carbocycles. The number of rotatable bonds is 10. The lowest BCUT2D eigenvalue weighted by Gasteiger charge is -2.29. The van der Waals surface area contributed by atoms with Gasteiger partial charge in [0.25, 0.3) is 0 Å². The highest BCUT2D eigenvalue weighted by Crippen LogP contribution is 2.31. The molecule has 1 fully saturated rings. The van der Waals surface area contributed by atoms with E-state index in [-0.39, 0.29) is 10.8 Å². The number of benzene rings is 2. The SMILES string of the molecule is CS(=O)(=O)c1ccc2nc(N(CCN3CCOCC3)C(=O)CCCSc3ccc(Cl)cc3)sc2c1. The Kier molecular flexibility index (Phi) is 9.07. The molecule has 0 bridgehead atoms. The van der Waals surface area contributed by atoms with Crippen molar-refractivity contribution in [3.8, 4) is 0 Å². The van der Waals surface area contributed by atoms with Gasteiger partial charge in [-0.1, -0.05) is 22.9 Å². The Morgan fingerprint density at radius 1 is 1.20 bits per heavy atom. The second-order valence-electron chi connectivity index (χ2n) is 8.30. The van der Waals surface area contributed by atoms with Crippen molar-refractivity contribution in [2.45, 2.75) is 22.6 Å². The van der Waals surface area contributed by atoms with Gasteiger partial charge in [0.2, 0.25) is 5.91 Å². The standard InChI is InChI=1S/C24H28ClN3O4S3/c1-35(30,31)20-8-9-21-22(17-20)34-24(26-21)28(11-10-27-12-14-32-15-13-27)23(29)3-2-16-33-19-6-4-18(25)5-7-19/h4-9,17H,2-3,10-16H2,1H3.